The maximum absolute atomic E-state index is 10.3. The molecule has 0 aromatic rings. The van der Waals surface area contributed by atoms with Crippen LogP contribution in [0.4, 0.5) is 0 Å². The van der Waals surface area contributed by atoms with Crippen molar-refractivity contribution < 1.29 is 8.62 Å². The second-order valence-corrected chi connectivity index (χ2v) is 1.60. The van der Waals surface area contributed by atoms with Crippen molar-refractivity contribution in [3.8, 4) is 0 Å². The van der Waals surface area contributed by atoms with Crippen LogP contribution in [0.25, 0.3) is 0 Å². The molecular weight excluding hydrogens is 184 g/mol. The molecule has 50 valence electrons. The number of rotatable bonds is 2. The Morgan fingerprint density at radius 3 is 2.67 bits per heavy atom. The predicted octanol–water partition coefficient (Wildman–Crippen LogP) is 1.97. The van der Waals surface area contributed by atoms with Crippen LogP contribution in [0, 0.1) is 0 Å². The summed E-state index contributed by atoms with van der Waals surface area (Å²) in [5.74, 6) is -0.409. The highest BCUT2D eigenvalue weighted by Gasteiger charge is 1.87. The van der Waals surface area contributed by atoms with Crippen molar-refractivity contribution in [1.82, 2.24) is 0 Å². The Bertz CT molecular complexity index is 138. The van der Waals surface area contributed by atoms with Crippen molar-refractivity contribution in [3.05, 3.63) is 24.3 Å². The molecule has 0 aliphatic carbocycles. The molecule has 0 atom stereocenters. The van der Waals surface area contributed by atoms with Gasteiger partial charge >= 0.3 is 5.97 Å². The third-order valence-corrected chi connectivity index (χ3v) is 0.931. The Hall–Kier alpha value is -0.570. The zero-order valence-corrected chi connectivity index (χ0v) is 6.59. The molecule has 0 aliphatic heterocycles. The van der Waals surface area contributed by atoms with E-state index in [4.69, 9.17) is 0 Å². The second kappa shape index (κ2) is 5.56. The van der Waals surface area contributed by atoms with Crippen molar-refractivity contribution in [1.29, 1.82) is 0 Å². The third kappa shape index (κ3) is 5.30. The van der Waals surface area contributed by atoms with Crippen molar-refractivity contribution in [2.45, 2.75) is 6.92 Å². The van der Waals surface area contributed by atoms with Crippen molar-refractivity contribution >= 4 is 22.2 Å². The highest BCUT2D eigenvalue weighted by Crippen LogP contribution is 1.87. The Kier molecular flexibility index (Phi) is 5.21. The van der Waals surface area contributed by atoms with E-state index in [0.717, 1.165) is 0 Å². The van der Waals surface area contributed by atoms with E-state index in [1.807, 2.05) is 13.0 Å². The lowest BCUT2D eigenvalue weighted by molar-refractivity contribution is -0.127. The Labute approximate surface area is 62.7 Å². The first-order valence-corrected chi connectivity index (χ1v) is 3.08. The molecule has 0 spiro atoms. The predicted molar refractivity (Wildman–Crippen MR) is 39.0 cm³/mol. The molecule has 0 fully saturated rings. The zero-order valence-electron chi connectivity index (χ0n) is 5.00. The molecule has 0 rings (SSSR count). The summed E-state index contributed by atoms with van der Waals surface area (Å²) in [4.78, 5) is 10.3. The van der Waals surface area contributed by atoms with Gasteiger partial charge in [-0.15, -0.1) is 0 Å². The summed E-state index contributed by atoms with van der Waals surface area (Å²) in [5.41, 5.74) is 0. The van der Waals surface area contributed by atoms with Gasteiger partial charge in [0.15, 0.2) is 16.3 Å². The van der Waals surface area contributed by atoms with Crippen molar-refractivity contribution in [2.24, 2.45) is 0 Å². The molecule has 0 saturated carbocycles. The van der Waals surface area contributed by atoms with E-state index >= 15 is 0 Å². The topological polar surface area (TPSA) is 26.3 Å². The SMILES string of the molecule is C/C=C/C=C/C(=O)OBr. The van der Waals surface area contributed by atoms with E-state index in [0.29, 0.717) is 0 Å². The van der Waals surface area contributed by atoms with Gasteiger partial charge in [0, 0.05) is 6.08 Å². The standard InChI is InChI=1S/C6H7BrO2/c1-2-3-4-5-6(8)9-7/h2-5H,1H3/b3-2+,5-4+. The van der Waals surface area contributed by atoms with E-state index in [1.165, 1.54) is 6.08 Å². The number of allylic oxidation sites excluding steroid dienone is 3. The molecule has 2 nitrogen and oxygen atoms in total. The second-order valence-electron chi connectivity index (χ2n) is 1.28. The summed E-state index contributed by atoms with van der Waals surface area (Å²) in [6.45, 7) is 1.86. The fourth-order valence-corrected chi connectivity index (χ4v) is 0.379. The molecule has 0 aliphatic rings. The molecule has 0 radical (unpaired) electrons. The average Bonchev–Trinajstić information content (AvgIpc) is 1.89. The van der Waals surface area contributed by atoms with Gasteiger partial charge in [0.25, 0.3) is 0 Å². The van der Waals surface area contributed by atoms with Crippen LogP contribution >= 0.6 is 16.3 Å². The molecular formula is C6H7BrO2. The summed E-state index contributed by atoms with van der Waals surface area (Å²) in [6, 6.07) is 0. The number of carbonyl (C=O) groups is 1. The minimum absolute atomic E-state index is 0.409. The molecule has 0 aromatic carbocycles. The van der Waals surface area contributed by atoms with Crippen LogP contribution in [0.15, 0.2) is 24.3 Å². The quantitative estimate of drug-likeness (QED) is 0.492. The minimum atomic E-state index is -0.409. The van der Waals surface area contributed by atoms with Gasteiger partial charge < -0.3 is 3.83 Å². The van der Waals surface area contributed by atoms with Gasteiger partial charge in [0.1, 0.15) is 0 Å². The Morgan fingerprint density at radius 1 is 1.56 bits per heavy atom. The van der Waals surface area contributed by atoms with Crippen LogP contribution < -0.4 is 0 Å². The summed E-state index contributed by atoms with van der Waals surface area (Å²) >= 11 is 2.54. The van der Waals surface area contributed by atoms with Gasteiger partial charge in [0.05, 0.1) is 0 Å². The van der Waals surface area contributed by atoms with Gasteiger partial charge in [-0.1, -0.05) is 18.2 Å². The van der Waals surface area contributed by atoms with E-state index < -0.39 is 5.97 Å². The Morgan fingerprint density at radius 2 is 2.22 bits per heavy atom. The lowest BCUT2D eigenvalue weighted by atomic mass is 10.4. The number of hydrogen-bond donors (Lipinski definition) is 0. The van der Waals surface area contributed by atoms with Crippen LogP contribution in [0.2, 0.25) is 0 Å². The molecule has 0 bridgehead atoms. The number of halogens is 1. The van der Waals surface area contributed by atoms with Crippen LogP contribution in [0.5, 0.6) is 0 Å². The Balaban J connectivity index is 3.57. The van der Waals surface area contributed by atoms with Gasteiger partial charge in [-0.2, -0.15) is 0 Å². The van der Waals surface area contributed by atoms with Crippen molar-refractivity contribution in [3.63, 3.8) is 0 Å². The number of hydrogen-bond acceptors (Lipinski definition) is 2. The fraction of sp³-hybridized carbons (Fsp3) is 0.167. The maximum Gasteiger partial charge on any atom is 0.342 e. The van der Waals surface area contributed by atoms with Crippen LogP contribution in [0.3, 0.4) is 0 Å². The highest BCUT2D eigenvalue weighted by atomic mass is 79.9. The molecule has 0 unspecified atom stereocenters. The van der Waals surface area contributed by atoms with E-state index in [-0.39, 0.29) is 0 Å². The average molecular weight is 191 g/mol. The molecule has 0 heterocycles. The first-order chi connectivity index (χ1) is 4.31. The summed E-state index contributed by atoms with van der Waals surface area (Å²) in [5, 5.41) is 0. The maximum atomic E-state index is 10.3. The van der Waals surface area contributed by atoms with E-state index in [1.54, 1.807) is 12.2 Å². The first kappa shape index (κ1) is 8.43. The van der Waals surface area contributed by atoms with Crippen LogP contribution in [0.1, 0.15) is 6.92 Å². The fourth-order valence-electron chi connectivity index (χ4n) is 0.271. The third-order valence-electron chi connectivity index (χ3n) is 0.612. The van der Waals surface area contributed by atoms with Crippen LogP contribution in [-0.4, -0.2) is 5.97 Å². The lowest BCUT2D eigenvalue weighted by Crippen LogP contribution is -1.87. The summed E-state index contributed by atoms with van der Waals surface area (Å²) in [6.07, 6.45) is 6.47. The molecule has 0 N–H and O–H groups in total. The van der Waals surface area contributed by atoms with Crippen LogP contribution in [-0.2, 0) is 8.62 Å². The van der Waals surface area contributed by atoms with Gasteiger partial charge in [-0.3, -0.25) is 0 Å². The summed E-state index contributed by atoms with van der Waals surface area (Å²) < 4.78 is 4.15. The highest BCUT2D eigenvalue weighted by molar-refractivity contribution is 9.06. The molecule has 0 amide bonds. The number of carbonyl (C=O) groups excluding carboxylic acids is 1. The minimum Gasteiger partial charge on any atom is -0.380 e. The molecule has 0 saturated heterocycles. The van der Waals surface area contributed by atoms with Gasteiger partial charge in [0.2, 0.25) is 0 Å². The van der Waals surface area contributed by atoms with E-state index in [2.05, 4.69) is 20.1 Å². The zero-order chi connectivity index (χ0) is 7.11. The lowest BCUT2D eigenvalue weighted by Gasteiger charge is -1.81. The smallest absolute Gasteiger partial charge is 0.342 e. The monoisotopic (exact) mass is 190 g/mol. The molecule has 3 heteroatoms. The van der Waals surface area contributed by atoms with Gasteiger partial charge in [-0.25, -0.2) is 4.79 Å². The van der Waals surface area contributed by atoms with E-state index in [9.17, 15) is 4.79 Å². The molecule has 0 aromatic heterocycles. The molecule has 9 heavy (non-hydrogen) atoms. The van der Waals surface area contributed by atoms with Crippen molar-refractivity contribution in [2.75, 3.05) is 0 Å². The summed E-state index contributed by atoms with van der Waals surface area (Å²) in [7, 11) is 0. The normalized spacial score (nSPS) is 10.9. The largest absolute Gasteiger partial charge is 0.380 e. The van der Waals surface area contributed by atoms with Gasteiger partial charge in [-0.05, 0) is 6.92 Å². The first-order valence-electron chi connectivity index (χ1n) is 2.43.